The molecule has 0 saturated heterocycles. The fourth-order valence-electron chi connectivity index (χ4n) is 3.18. The lowest BCUT2D eigenvalue weighted by atomic mass is 9.91. The lowest BCUT2D eigenvalue weighted by molar-refractivity contribution is 0.0531. The van der Waals surface area contributed by atoms with Crippen LogP contribution in [0, 0.1) is 5.92 Å². The zero-order chi connectivity index (χ0) is 18.9. The van der Waals surface area contributed by atoms with Gasteiger partial charge in [-0.2, -0.15) is 0 Å². The van der Waals surface area contributed by atoms with E-state index in [0.717, 1.165) is 28.8 Å². The van der Waals surface area contributed by atoms with Gasteiger partial charge in [0.15, 0.2) is 0 Å². The van der Waals surface area contributed by atoms with Crippen LogP contribution in [0.4, 0.5) is 4.79 Å². The van der Waals surface area contributed by atoms with Gasteiger partial charge in [0.05, 0.1) is 5.92 Å². The molecule has 4 heteroatoms. The van der Waals surface area contributed by atoms with Gasteiger partial charge in [0.25, 0.3) is 0 Å². The van der Waals surface area contributed by atoms with Gasteiger partial charge in [0.1, 0.15) is 16.9 Å². The van der Waals surface area contributed by atoms with E-state index in [-0.39, 0.29) is 12.0 Å². The van der Waals surface area contributed by atoms with Gasteiger partial charge in [-0.3, -0.25) is 4.57 Å². The molecule has 0 spiro atoms. The molecule has 4 nitrogen and oxygen atoms in total. The molecule has 0 fully saturated rings. The highest BCUT2D eigenvalue weighted by Crippen LogP contribution is 2.35. The Bertz CT molecular complexity index is 862. The van der Waals surface area contributed by atoms with Crippen molar-refractivity contribution in [2.24, 2.45) is 5.92 Å². The van der Waals surface area contributed by atoms with Crippen molar-refractivity contribution in [1.82, 2.24) is 4.57 Å². The number of ether oxygens (including phenoxy) is 1. The van der Waals surface area contributed by atoms with Crippen LogP contribution in [0.3, 0.4) is 0 Å². The molecule has 0 bridgehead atoms. The van der Waals surface area contributed by atoms with Crippen LogP contribution < -0.4 is 0 Å². The van der Waals surface area contributed by atoms with Gasteiger partial charge in [-0.1, -0.05) is 32.0 Å². The Kier molecular flexibility index (Phi) is 4.94. The number of aromatic nitrogens is 1. The third kappa shape index (κ3) is 4.01. The van der Waals surface area contributed by atoms with Crippen LogP contribution in [-0.4, -0.2) is 16.3 Å². The lowest BCUT2D eigenvalue weighted by Gasteiger charge is -2.23. The van der Waals surface area contributed by atoms with Gasteiger partial charge < -0.3 is 9.15 Å². The number of benzene rings is 1. The summed E-state index contributed by atoms with van der Waals surface area (Å²) in [6.45, 7) is 9.98. The molecule has 0 amide bonds. The van der Waals surface area contributed by atoms with E-state index in [9.17, 15) is 4.79 Å². The molecule has 3 aromatic rings. The molecular formula is C22H27NO3. The number of nitrogens with zero attached hydrogens (tertiary/aromatic N) is 1. The van der Waals surface area contributed by atoms with E-state index >= 15 is 0 Å². The summed E-state index contributed by atoms with van der Waals surface area (Å²) < 4.78 is 13.3. The van der Waals surface area contributed by atoms with Crippen molar-refractivity contribution in [3.8, 4) is 0 Å². The summed E-state index contributed by atoms with van der Waals surface area (Å²) in [6.07, 6.45) is 2.29. The molecule has 1 atom stereocenters. The normalized spacial score (nSPS) is 13.3. The van der Waals surface area contributed by atoms with E-state index in [1.54, 1.807) is 10.8 Å². The van der Waals surface area contributed by atoms with Gasteiger partial charge in [0, 0.05) is 17.3 Å². The van der Waals surface area contributed by atoms with Gasteiger partial charge in [-0.05, 0) is 57.4 Å². The SMILES string of the molecule is CC(C)CC(c1cc2ccccc2o1)c1cccn1C(=O)OC(C)(C)C. The van der Waals surface area contributed by atoms with Crippen LogP contribution in [0.2, 0.25) is 0 Å². The summed E-state index contributed by atoms with van der Waals surface area (Å²) in [5.41, 5.74) is 1.23. The molecule has 2 heterocycles. The molecule has 0 aliphatic carbocycles. The predicted octanol–water partition coefficient (Wildman–Crippen LogP) is 6.20. The maximum atomic E-state index is 12.6. The second kappa shape index (κ2) is 7.02. The Hall–Kier alpha value is -2.49. The van der Waals surface area contributed by atoms with Crippen LogP contribution >= 0.6 is 0 Å². The first-order valence-electron chi connectivity index (χ1n) is 9.13. The Morgan fingerprint density at radius 3 is 2.54 bits per heavy atom. The van der Waals surface area contributed by atoms with Crippen LogP contribution in [0.1, 0.15) is 58.4 Å². The highest BCUT2D eigenvalue weighted by molar-refractivity contribution is 5.78. The molecule has 2 aromatic heterocycles. The number of hydrogen-bond acceptors (Lipinski definition) is 3. The number of carbonyl (C=O) groups excluding carboxylic acids is 1. The third-order valence-electron chi connectivity index (χ3n) is 4.22. The molecule has 1 unspecified atom stereocenters. The quantitative estimate of drug-likeness (QED) is 0.561. The largest absolute Gasteiger partial charge is 0.460 e. The van der Waals surface area contributed by atoms with E-state index in [1.165, 1.54) is 0 Å². The summed E-state index contributed by atoms with van der Waals surface area (Å²) in [5, 5.41) is 1.08. The van der Waals surface area contributed by atoms with Crippen LogP contribution in [0.5, 0.6) is 0 Å². The fourth-order valence-corrected chi connectivity index (χ4v) is 3.18. The Labute approximate surface area is 154 Å². The second-order valence-electron chi connectivity index (χ2n) is 8.15. The molecule has 0 aliphatic heterocycles. The number of rotatable bonds is 4. The molecular weight excluding hydrogens is 326 g/mol. The smallest absolute Gasteiger partial charge is 0.418 e. The minimum absolute atomic E-state index is 0.00933. The first kappa shape index (κ1) is 18.3. The lowest BCUT2D eigenvalue weighted by Crippen LogP contribution is -2.28. The predicted molar refractivity (Wildman–Crippen MR) is 104 cm³/mol. The van der Waals surface area contributed by atoms with Crippen molar-refractivity contribution in [3.05, 3.63) is 60.1 Å². The van der Waals surface area contributed by atoms with Gasteiger partial charge in [-0.15, -0.1) is 0 Å². The minimum atomic E-state index is -0.536. The summed E-state index contributed by atoms with van der Waals surface area (Å²) in [6, 6.07) is 13.9. The number of fused-ring (bicyclic) bond motifs is 1. The number of furan rings is 1. The Morgan fingerprint density at radius 2 is 1.88 bits per heavy atom. The molecule has 0 aliphatic rings. The van der Waals surface area contributed by atoms with E-state index in [0.29, 0.717) is 5.92 Å². The van der Waals surface area contributed by atoms with Crippen molar-refractivity contribution < 1.29 is 13.9 Å². The average molecular weight is 353 g/mol. The van der Waals surface area contributed by atoms with Crippen molar-refractivity contribution in [2.45, 2.75) is 52.6 Å². The van der Waals surface area contributed by atoms with Crippen molar-refractivity contribution in [1.29, 1.82) is 0 Å². The van der Waals surface area contributed by atoms with E-state index in [2.05, 4.69) is 19.9 Å². The second-order valence-corrected chi connectivity index (χ2v) is 8.15. The highest BCUT2D eigenvalue weighted by Gasteiger charge is 2.26. The highest BCUT2D eigenvalue weighted by atomic mass is 16.6. The molecule has 1 aromatic carbocycles. The number of carbonyl (C=O) groups is 1. The standard InChI is InChI=1S/C22H27NO3/c1-15(2)13-17(20-14-16-9-6-7-11-19(16)25-20)18-10-8-12-23(18)21(24)26-22(3,4)5/h6-12,14-15,17H,13H2,1-5H3. The summed E-state index contributed by atoms with van der Waals surface area (Å²) in [5.74, 6) is 1.32. The van der Waals surface area contributed by atoms with Crippen molar-refractivity contribution in [2.75, 3.05) is 0 Å². The molecule has 0 radical (unpaired) electrons. The zero-order valence-corrected chi connectivity index (χ0v) is 16.2. The average Bonchev–Trinajstić information content (AvgIpc) is 3.17. The molecule has 3 rings (SSSR count). The summed E-state index contributed by atoms with van der Waals surface area (Å²) in [4.78, 5) is 12.6. The van der Waals surface area contributed by atoms with E-state index in [1.807, 2.05) is 57.2 Å². The zero-order valence-electron chi connectivity index (χ0n) is 16.2. The third-order valence-corrected chi connectivity index (χ3v) is 4.22. The minimum Gasteiger partial charge on any atom is -0.460 e. The van der Waals surface area contributed by atoms with Crippen LogP contribution in [-0.2, 0) is 4.74 Å². The maximum Gasteiger partial charge on any atom is 0.418 e. The van der Waals surface area contributed by atoms with E-state index in [4.69, 9.17) is 9.15 Å². The summed E-state index contributed by atoms with van der Waals surface area (Å²) in [7, 11) is 0. The van der Waals surface area contributed by atoms with Crippen LogP contribution in [0.15, 0.2) is 53.1 Å². The number of hydrogen-bond donors (Lipinski definition) is 0. The molecule has 0 saturated carbocycles. The molecule has 138 valence electrons. The fraction of sp³-hybridized carbons (Fsp3) is 0.409. The van der Waals surface area contributed by atoms with Crippen LogP contribution in [0.25, 0.3) is 11.0 Å². The van der Waals surface area contributed by atoms with Crippen molar-refractivity contribution in [3.63, 3.8) is 0 Å². The molecule has 0 N–H and O–H groups in total. The topological polar surface area (TPSA) is 44.4 Å². The number of para-hydroxylation sites is 1. The summed E-state index contributed by atoms with van der Waals surface area (Å²) >= 11 is 0. The van der Waals surface area contributed by atoms with Gasteiger partial charge in [0.2, 0.25) is 0 Å². The Morgan fingerprint density at radius 1 is 1.15 bits per heavy atom. The Balaban J connectivity index is 2.01. The first-order chi connectivity index (χ1) is 12.2. The molecule has 26 heavy (non-hydrogen) atoms. The van der Waals surface area contributed by atoms with E-state index < -0.39 is 5.60 Å². The van der Waals surface area contributed by atoms with Gasteiger partial charge in [-0.25, -0.2) is 4.79 Å². The monoisotopic (exact) mass is 353 g/mol. The first-order valence-corrected chi connectivity index (χ1v) is 9.13. The van der Waals surface area contributed by atoms with Gasteiger partial charge >= 0.3 is 6.09 Å². The maximum absolute atomic E-state index is 12.6. The van der Waals surface area contributed by atoms with Crippen molar-refractivity contribution >= 4 is 17.1 Å².